The number of para-hydroxylation sites is 1. The van der Waals surface area contributed by atoms with Crippen LogP contribution in [0.4, 0.5) is 5.69 Å². The lowest BCUT2D eigenvalue weighted by Gasteiger charge is -2.57. The minimum absolute atomic E-state index is 0.106. The number of nitrogens with zero attached hydrogens (tertiary/aromatic N) is 1. The first-order valence-corrected chi connectivity index (χ1v) is 12.1. The minimum atomic E-state index is -0.617. The fraction of sp³-hybridized carbons (Fsp3) is 0.464. The Bertz CT molecular complexity index is 1020. The van der Waals surface area contributed by atoms with Crippen molar-refractivity contribution >= 4 is 17.2 Å². The maximum absolute atomic E-state index is 13.4. The van der Waals surface area contributed by atoms with E-state index in [0.29, 0.717) is 25.0 Å². The fourth-order valence-electron chi connectivity index (χ4n) is 6.62. The van der Waals surface area contributed by atoms with Crippen molar-refractivity contribution < 1.29 is 14.3 Å². The standard InChI is InChI=1S/C28H34N2O3/c1-32-27(31)28-16-21-15-22(12-14-33-19-20-7-3-2-4-8-20)26(28)30(18-21)13-11-23(17-28)24-9-5-6-10-25(24)29/h2-10,17,21-22,26H,11-16,18-19,29H2,1H3. The predicted octanol–water partition coefficient (Wildman–Crippen LogP) is 4.53. The third kappa shape index (κ3) is 4.20. The van der Waals surface area contributed by atoms with Gasteiger partial charge in [-0.15, -0.1) is 0 Å². The molecule has 3 fully saturated rings. The van der Waals surface area contributed by atoms with Crippen LogP contribution in [0.15, 0.2) is 60.7 Å². The van der Waals surface area contributed by atoms with Crippen LogP contribution in [-0.2, 0) is 20.9 Å². The zero-order valence-corrected chi connectivity index (χ0v) is 19.4. The van der Waals surface area contributed by atoms with Crippen LogP contribution in [0.1, 0.15) is 36.8 Å². The number of ether oxygens (including phenoxy) is 2. The van der Waals surface area contributed by atoms with Crippen LogP contribution in [0.25, 0.3) is 5.57 Å². The Morgan fingerprint density at radius 2 is 1.94 bits per heavy atom. The summed E-state index contributed by atoms with van der Waals surface area (Å²) >= 11 is 0. The number of fused-ring (bicyclic) bond motifs is 1. The second-order valence-electron chi connectivity index (χ2n) is 9.87. The van der Waals surface area contributed by atoms with Crippen LogP contribution in [0, 0.1) is 17.3 Å². The zero-order valence-electron chi connectivity index (χ0n) is 19.4. The van der Waals surface area contributed by atoms with E-state index in [9.17, 15) is 4.79 Å². The van der Waals surface area contributed by atoms with E-state index < -0.39 is 5.41 Å². The number of methoxy groups -OCH3 is 1. The van der Waals surface area contributed by atoms with E-state index in [1.165, 1.54) is 18.2 Å². The molecule has 2 aromatic rings. The number of rotatable bonds is 7. The molecule has 4 bridgehead atoms. The molecule has 174 valence electrons. The smallest absolute Gasteiger partial charge is 0.317 e. The van der Waals surface area contributed by atoms with E-state index >= 15 is 0 Å². The SMILES string of the molecule is COC(=O)C12C=C(c3ccccc3N)CCN3CC(CC(CCOCc4ccccc4)C31)C2. The Balaban J connectivity index is 1.40. The summed E-state index contributed by atoms with van der Waals surface area (Å²) in [7, 11) is 1.52. The third-order valence-corrected chi connectivity index (χ3v) is 7.84. The molecule has 5 nitrogen and oxygen atoms in total. The molecule has 6 rings (SSSR count). The molecule has 3 aliphatic heterocycles. The number of piperidine rings is 2. The number of esters is 1. The highest BCUT2D eigenvalue weighted by atomic mass is 16.5. The average Bonchev–Trinajstić information content (AvgIpc) is 2.96. The predicted molar refractivity (Wildman–Crippen MR) is 130 cm³/mol. The lowest BCUT2D eigenvalue weighted by Crippen LogP contribution is -2.64. The summed E-state index contributed by atoms with van der Waals surface area (Å²) in [5, 5.41) is 0. The first-order valence-electron chi connectivity index (χ1n) is 12.1. The molecule has 5 unspecified atom stereocenters. The fourth-order valence-corrected chi connectivity index (χ4v) is 6.62. The molecule has 1 aliphatic carbocycles. The second-order valence-corrected chi connectivity index (χ2v) is 9.87. The molecule has 0 radical (unpaired) electrons. The molecule has 5 heteroatoms. The van der Waals surface area contributed by atoms with Gasteiger partial charge < -0.3 is 15.2 Å². The highest BCUT2D eigenvalue weighted by molar-refractivity contribution is 5.86. The third-order valence-electron chi connectivity index (χ3n) is 7.84. The van der Waals surface area contributed by atoms with E-state index in [-0.39, 0.29) is 12.0 Å². The average molecular weight is 447 g/mol. The normalized spacial score (nSPS) is 30.4. The molecule has 0 aromatic heterocycles. The molecule has 0 spiro atoms. The monoisotopic (exact) mass is 446 g/mol. The Morgan fingerprint density at radius 3 is 2.73 bits per heavy atom. The summed E-state index contributed by atoms with van der Waals surface area (Å²) in [6, 6.07) is 18.4. The van der Waals surface area contributed by atoms with Crippen LogP contribution in [0.2, 0.25) is 0 Å². The number of nitrogen functional groups attached to an aromatic ring is 1. The van der Waals surface area contributed by atoms with Crippen LogP contribution in [-0.4, -0.2) is 43.7 Å². The quantitative estimate of drug-likeness (QED) is 0.385. The summed E-state index contributed by atoms with van der Waals surface area (Å²) in [6.45, 7) is 3.35. The maximum atomic E-state index is 13.4. The van der Waals surface area contributed by atoms with Gasteiger partial charge in [0.2, 0.25) is 0 Å². The molecule has 2 saturated heterocycles. The lowest BCUT2D eigenvalue weighted by atomic mass is 9.57. The van der Waals surface area contributed by atoms with Gasteiger partial charge in [0.25, 0.3) is 0 Å². The van der Waals surface area contributed by atoms with Crippen molar-refractivity contribution in [3.8, 4) is 0 Å². The van der Waals surface area contributed by atoms with Gasteiger partial charge in [0.15, 0.2) is 0 Å². The number of hydrogen-bond acceptors (Lipinski definition) is 5. The first kappa shape index (κ1) is 22.2. The highest BCUT2D eigenvalue weighted by Gasteiger charge is 2.59. The van der Waals surface area contributed by atoms with E-state index in [2.05, 4.69) is 29.2 Å². The summed E-state index contributed by atoms with van der Waals surface area (Å²) in [5.41, 5.74) is 9.91. The van der Waals surface area contributed by atoms with Gasteiger partial charge in [-0.1, -0.05) is 54.6 Å². The van der Waals surface area contributed by atoms with Crippen LogP contribution in [0.5, 0.6) is 0 Å². The Hall–Kier alpha value is -2.63. The number of anilines is 1. The highest BCUT2D eigenvalue weighted by Crippen LogP contribution is 2.55. The zero-order chi connectivity index (χ0) is 22.8. The van der Waals surface area contributed by atoms with Gasteiger partial charge in [0, 0.05) is 37.0 Å². The van der Waals surface area contributed by atoms with Crippen molar-refractivity contribution in [3.63, 3.8) is 0 Å². The summed E-state index contributed by atoms with van der Waals surface area (Å²) < 4.78 is 11.5. The molecule has 0 amide bonds. The number of benzene rings is 2. The van der Waals surface area contributed by atoms with Gasteiger partial charge in [-0.2, -0.15) is 0 Å². The van der Waals surface area contributed by atoms with E-state index in [1.54, 1.807) is 0 Å². The molecule has 33 heavy (non-hydrogen) atoms. The van der Waals surface area contributed by atoms with E-state index in [0.717, 1.165) is 50.0 Å². The Labute approximate surface area is 196 Å². The lowest BCUT2D eigenvalue weighted by molar-refractivity contribution is -0.168. The van der Waals surface area contributed by atoms with Crippen LogP contribution in [0.3, 0.4) is 0 Å². The van der Waals surface area contributed by atoms with Crippen molar-refractivity contribution in [1.29, 1.82) is 0 Å². The topological polar surface area (TPSA) is 64.8 Å². The summed E-state index contributed by atoms with van der Waals surface area (Å²) in [6.07, 6.45) is 6.11. The molecule has 2 aromatic carbocycles. The second kappa shape index (κ2) is 9.32. The van der Waals surface area contributed by atoms with Crippen molar-refractivity contribution in [2.75, 3.05) is 32.5 Å². The van der Waals surface area contributed by atoms with Gasteiger partial charge in [-0.25, -0.2) is 0 Å². The maximum Gasteiger partial charge on any atom is 0.317 e. The molecule has 5 atom stereocenters. The van der Waals surface area contributed by atoms with Crippen molar-refractivity contribution in [3.05, 3.63) is 71.8 Å². The number of hydrogen-bond donors (Lipinski definition) is 1. The number of carbonyl (C=O) groups is 1. The molecule has 3 heterocycles. The van der Waals surface area contributed by atoms with Gasteiger partial charge >= 0.3 is 5.97 Å². The molecule has 1 saturated carbocycles. The van der Waals surface area contributed by atoms with E-state index in [4.69, 9.17) is 15.2 Å². The van der Waals surface area contributed by atoms with Crippen LogP contribution < -0.4 is 5.73 Å². The Kier molecular flexibility index (Phi) is 6.26. The molecular formula is C28H34N2O3. The van der Waals surface area contributed by atoms with Crippen molar-refractivity contribution in [1.82, 2.24) is 4.90 Å². The van der Waals surface area contributed by atoms with Crippen LogP contribution >= 0.6 is 0 Å². The summed E-state index contributed by atoms with van der Waals surface area (Å²) in [5.74, 6) is 0.805. The van der Waals surface area contributed by atoms with Gasteiger partial charge in [-0.05, 0) is 54.7 Å². The first-order chi connectivity index (χ1) is 16.1. The Morgan fingerprint density at radius 1 is 1.15 bits per heavy atom. The van der Waals surface area contributed by atoms with E-state index in [1.807, 2.05) is 36.4 Å². The molecule has 2 N–H and O–H groups in total. The van der Waals surface area contributed by atoms with Gasteiger partial charge in [0.1, 0.15) is 5.41 Å². The summed E-state index contributed by atoms with van der Waals surface area (Å²) in [4.78, 5) is 16.0. The number of nitrogens with two attached hydrogens (primary N) is 1. The van der Waals surface area contributed by atoms with Gasteiger partial charge in [-0.3, -0.25) is 9.69 Å². The largest absolute Gasteiger partial charge is 0.468 e. The van der Waals surface area contributed by atoms with Crippen molar-refractivity contribution in [2.45, 2.75) is 38.3 Å². The molecular weight excluding hydrogens is 412 g/mol. The minimum Gasteiger partial charge on any atom is -0.468 e. The molecule has 4 aliphatic rings. The van der Waals surface area contributed by atoms with Gasteiger partial charge in [0.05, 0.1) is 13.7 Å². The number of carbonyl (C=O) groups excluding carboxylic acids is 1. The van der Waals surface area contributed by atoms with Crippen molar-refractivity contribution in [2.24, 2.45) is 17.3 Å².